The van der Waals surface area contributed by atoms with Gasteiger partial charge in [-0.25, -0.2) is 0 Å². The van der Waals surface area contributed by atoms with Crippen LogP contribution < -0.4 is 5.43 Å². The van der Waals surface area contributed by atoms with E-state index < -0.39 is 4.92 Å². The molecule has 0 spiro atoms. The number of nitro groups is 1. The van der Waals surface area contributed by atoms with Gasteiger partial charge >= 0.3 is 0 Å². The summed E-state index contributed by atoms with van der Waals surface area (Å²) in [5.41, 5.74) is 6.25. The minimum Gasteiger partial charge on any atom is -0.278 e. The van der Waals surface area contributed by atoms with Crippen molar-refractivity contribution in [2.75, 3.05) is 5.43 Å². The van der Waals surface area contributed by atoms with Gasteiger partial charge in [-0.05, 0) is 29.3 Å². The van der Waals surface area contributed by atoms with Gasteiger partial charge < -0.3 is 0 Å². The summed E-state index contributed by atoms with van der Waals surface area (Å²) in [4.78, 5) is 10.5. The predicted octanol–water partition coefficient (Wildman–Crippen LogP) is 5.79. The number of anilines is 1. The molecule has 28 heavy (non-hydrogen) atoms. The van der Waals surface area contributed by atoms with E-state index in [1.165, 1.54) is 12.1 Å². The summed E-state index contributed by atoms with van der Waals surface area (Å²) in [5, 5.41) is 15.3. The summed E-state index contributed by atoms with van der Waals surface area (Å²) in [6, 6.07) is 26.1. The minimum atomic E-state index is -0.430. The van der Waals surface area contributed by atoms with E-state index in [4.69, 9.17) is 0 Å². The zero-order valence-corrected chi connectivity index (χ0v) is 15.1. The molecule has 0 heterocycles. The molecule has 0 unspecified atom stereocenters. The monoisotopic (exact) mass is 369 g/mol. The largest absolute Gasteiger partial charge is 0.278 e. The molecule has 3 aromatic carbocycles. The Morgan fingerprint density at radius 2 is 1.39 bits per heavy atom. The van der Waals surface area contributed by atoms with E-state index in [2.05, 4.69) is 10.5 Å². The second-order valence-electron chi connectivity index (χ2n) is 5.94. The lowest BCUT2D eigenvalue weighted by Gasteiger charge is -2.02. The van der Waals surface area contributed by atoms with Crippen molar-refractivity contribution in [1.29, 1.82) is 0 Å². The van der Waals surface area contributed by atoms with Crippen molar-refractivity contribution < 1.29 is 4.92 Å². The normalized spacial score (nSPS) is 10.9. The van der Waals surface area contributed by atoms with Gasteiger partial charge in [0.05, 0.1) is 16.3 Å². The number of hydrogen-bond donors (Lipinski definition) is 1. The molecule has 5 heteroatoms. The second kappa shape index (κ2) is 9.64. The van der Waals surface area contributed by atoms with Gasteiger partial charge in [0.1, 0.15) is 0 Å². The molecule has 0 aliphatic heterocycles. The first-order valence-electron chi connectivity index (χ1n) is 8.75. The zero-order valence-electron chi connectivity index (χ0n) is 15.1. The van der Waals surface area contributed by atoms with Crippen LogP contribution in [0.3, 0.4) is 0 Å². The molecular formula is C23H19N3O2. The number of nitro benzene ring substituents is 1. The Balaban J connectivity index is 1.83. The van der Waals surface area contributed by atoms with Crippen LogP contribution in [0.25, 0.3) is 12.2 Å². The molecule has 0 amide bonds. The van der Waals surface area contributed by atoms with Crippen LogP contribution in [0.15, 0.2) is 102 Å². The van der Waals surface area contributed by atoms with Crippen molar-refractivity contribution in [3.05, 3.63) is 118 Å². The SMILES string of the molecule is O=[N+]([O-])c1cccc(NN=C(C=Cc2ccccc2)C=Cc2ccccc2)c1. The molecule has 0 aliphatic rings. The summed E-state index contributed by atoms with van der Waals surface area (Å²) >= 11 is 0. The highest BCUT2D eigenvalue weighted by molar-refractivity contribution is 6.08. The first-order chi connectivity index (χ1) is 13.7. The van der Waals surface area contributed by atoms with Crippen molar-refractivity contribution in [3.63, 3.8) is 0 Å². The maximum absolute atomic E-state index is 10.9. The van der Waals surface area contributed by atoms with E-state index in [1.807, 2.05) is 85.0 Å². The molecule has 0 aromatic heterocycles. The lowest BCUT2D eigenvalue weighted by Crippen LogP contribution is -1.97. The highest BCUT2D eigenvalue weighted by atomic mass is 16.6. The van der Waals surface area contributed by atoms with Crippen LogP contribution in [0.5, 0.6) is 0 Å². The zero-order chi connectivity index (χ0) is 19.6. The van der Waals surface area contributed by atoms with Crippen molar-refractivity contribution in [1.82, 2.24) is 0 Å². The Kier molecular flexibility index (Phi) is 6.47. The molecule has 5 nitrogen and oxygen atoms in total. The Bertz CT molecular complexity index is 959. The second-order valence-corrected chi connectivity index (χ2v) is 5.94. The highest BCUT2D eigenvalue weighted by Gasteiger charge is 2.04. The standard InChI is InChI=1S/C23H19N3O2/c27-26(28)23-13-7-12-22(18-23)25-24-21(16-14-19-8-3-1-4-9-19)17-15-20-10-5-2-6-11-20/h1-18,25H. The van der Waals surface area contributed by atoms with Gasteiger partial charge in [-0.3, -0.25) is 15.5 Å². The van der Waals surface area contributed by atoms with E-state index in [-0.39, 0.29) is 5.69 Å². The molecule has 3 rings (SSSR count). The van der Waals surface area contributed by atoms with Crippen LogP contribution in [-0.4, -0.2) is 10.6 Å². The third-order valence-electron chi connectivity index (χ3n) is 3.86. The summed E-state index contributed by atoms with van der Waals surface area (Å²) in [6.45, 7) is 0. The maximum atomic E-state index is 10.9. The number of benzene rings is 3. The van der Waals surface area contributed by atoms with E-state index in [0.29, 0.717) is 11.4 Å². The minimum absolute atomic E-state index is 0.0152. The van der Waals surface area contributed by atoms with Crippen molar-refractivity contribution in [3.8, 4) is 0 Å². The third-order valence-corrected chi connectivity index (χ3v) is 3.86. The number of allylic oxidation sites excluding steroid dienone is 2. The number of non-ortho nitro benzene ring substituents is 1. The van der Waals surface area contributed by atoms with Crippen LogP contribution in [0.4, 0.5) is 11.4 Å². The smallest absolute Gasteiger partial charge is 0.271 e. The van der Waals surface area contributed by atoms with Gasteiger partial charge in [0.25, 0.3) is 5.69 Å². The number of hydrogen-bond acceptors (Lipinski definition) is 4. The fourth-order valence-corrected chi connectivity index (χ4v) is 2.44. The van der Waals surface area contributed by atoms with E-state index in [0.717, 1.165) is 11.1 Å². The first kappa shape index (κ1) is 18.8. The highest BCUT2D eigenvalue weighted by Crippen LogP contribution is 2.17. The van der Waals surface area contributed by atoms with Crippen LogP contribution in [0.1, 0.15) is 11.1 Å². The maximum Gasteiger partial charge on any atom is 0.271 e. The average Bonchev–Trinajstić information content (AvgIpc) is 2.75. The van der Waals surface area contributed by atoms with Gasteiger partial charge in [-0.1, -0.05) is 78.9 Å². The van der Waals surface area contributed by atoms with E-state index >= 15 is 0 Å². The van der Waals surface area contributed by atoms with E-state index in [9.17, 15) is 10.1 Å². The number of nitrogens with one attached hydrogen (secondary N) is 1. The van der Waals surface area contributed by atoms with Gasteiger partial charge in [0.15, 0.2) is 0 Å². The molecular weight excluding hydrogens is 350 g/mol. The topological polar surface area (TPSA) is 67.5 Å². The molecule has 0 atom stereocenters. The van der Waals surface area contributed by atoms with Crippen molar-refractivity contribution >= 4 is 29.2 Å². The third kappa shape index (κ3) is 5.78. The Morgan fingerprint density at radius 1 is 0.821 bits per heavy atom. The molecule has 1 N–H and O–H groups in total. The molecule has 0 radical (unpaired) electrons. The van der Waals surface area contributed by atoms with Gasteiger partial charge in [-0.2, -0.15) is 5.10 Å². The van der Waals surface area contributed by atoms with Gasteiger partial charge in [0, 0.05) is 12.1 Å². The van der Waals surface area contributed by atoms with Gasteiger partial charge in [-0.15, -0.1) is 0 Å². The van der Waals surface area contributed by atoms with Gasteiger partial charge in [0.2, 0.25) is 0 Å². The molecule has 0 saturated heterocycles. The molecule has 0 saturated carbocycles. The number of hydrazone groups is 1. The molecule has 138 valence electrons. The molecule has 0 bridgehead atoms. The fourth-order valence-electron chi connectivity index (χ4n) is 2.44. The van der Waals surface area contributed by atoms with E-state index in [1.54, 1.807) is 12.1 Å². The summed E-state index contributed by atoms with van der Waals surface area (Å²) in [7, 11) is 0. The Hall–Kier alpha value is -3.99. The Morgan fingerprint density at radius 3 is 1.93 bits per heavy atom. The molecule has 3 aromatic rings. The predicted molar refractivity (Wildman–Crippen MR) is 115 cm³/mol. The van der Waals surface area contributed by atoms with Crippen LogP contribution in [0, 0.1) is 10.1 Å². The molecule has 0 aliphatic carbocycles. The fraction of sp³-hybridized carbons (Fsp3) is 0. The quantitative estimate of drug-likeness (QED) is 0.326. The first-order valence-corrected chi connectivity index (χ1v) is 8.75. The summed E-state index contributed by atoms with van der Waals surface area (Å²) < 4.78 is 0. The van der Waals surface area contributed by atoms with Crippen molar-refractivity contribution in [2.24, 2.45) is 5.10 Å². The summed E-state index contributed by atoms with van der Waals surface area (Å²) in [6.07, 6.45) is 7.70. The van der Waals surface area contributed by atoms with Crippen molar-refractivity contribution in [2.45, 2.75) is 0 Å². The number of nitrogens with zero attached hydrogens (tertiary/aromatic N) is 2. The van der Waals surface area contributed by atoms with Crippen LogP contribution in [0.2, 0.25) is 0 Å². The average molecular weight is 369 g/mol. The Labute approximate surface area is 163 Å². The summed E-state index contributed by atoms with van der Waals surface area (Å²) in [5.74, 6) is 0. The molecule has 0 fully saturated rings. The van der Waals surface area contributed by atoms with Crippen LogP contribution >= 0.6 is 0 Å². The lowest BCUT2D eigenvalue weighted by atomic mass is 10.1. The number of rotatable bonds is 7. The van der Waals surface area contributed by atoms with Crippen LogP contribution in [-0.2, 0) is 0 Å². The lowest BCUT2D eigenvalue weighted by molar-refractivity contribution is -0.384.